The third-order valence-electron chi connectivity index (χ3n) is 6.29. The van der Waals surface area contributed by atoms with Gasteiger partial charge in [-0.25, -0.2) is 0 Å². The van der Waals surface area contributed by atoms with Crippen molar-refractivity contribution in [2.75, 3.05) is 65.7 Å². The van der Waals surface area contributed by atoms with Crippen molar-refractivity contribution in [3.63, 3.8) is 0 Å². The minimum atomic E-state index is 0.454. The molecule has 7 heteroatoms. The van der Waals surface area contributed by atoms with Gasteiger partial charge < -0.3 is 29.6 Å². The predicted octanol–water partition coefficient (Wildman–Crippen LogP) is 4.07. The molecular formula is C30H39N3O4. The van der Waals surface area contributed by atoms with Crippen molar-refractivity contribution in [1.82, 2.24) is 9.80 Å². The molecule has 0 aliphatic carbocycles. The normalized spacial score (nSPS) is 14.3. The minimum Gasteiger partial charge on any atom is -0.490 e. The number of rotatable bonds is 15. The van der Waals surface area contributed by atoms with Crippen molar-refractivity contribution in [3.8, 4) is 23.0 Å². The number of nitrogens with zero attached hydrogens (tertiary/aromatic N) is 2. The van der Waals surface area contributed by atoms with Crippen LogP contribution in [0.1, 0.15) is 12.0 Å². The van der Waals surface area contributed by atoms with Crippen LogP contribution in [0.25, 0.3) is 0 Å². The molecule has 0 radical (unpaired) electrons. The van der Waals surface area contributed by atoms with Crippen molar-refractivity contribution < 1.29 is 18.9 Å². The van der Waals surface area contributed by atoms with Crippen LogP contribution >= 0.6 is 0 Å². The van der Waals surface area contributed by atoms with Crippen molar-refractivity contribution in [2.24, 2.45) is 5.73 Å². The molecule has 0 saturated carbocycles. The lowest BCUT2D eigenvalue weighted by Crippen LogP contribution is -2.46. The van der Waals surface area contributed by atoms with E-state index in [1.54, 1.807) is 0 Å². The van der Waals surface area contributed by atoms with Gasteiger partial charge in [-0.1, -0.05) is 42.5 Å². The molecule has 0 atom stereocenters. The summed E-state index contributed by atoms with van der Waals surface area (Å²) in [6, 6.07) is 25.7. The Morgan fingerprint density at radius 1 is 0.595 bits per heavy atom. The van der Waals surface area contributed by atoms with Gasteiger partial charge in [-0.15, -0.1) is 0 Å². The van der Waals surface area contributed by atoms with Crippen molar-refractivity contribution in [2.45, 2.75) is 13.0 Å². The topological polar surface area (TPSA) is 69.4 Å². The molecular weight excluding hydrogens is 466 g/mol. The molecule has 0 spiro atoms. The molecule has 37 heavy (non-hydrogen) atoms. The SMILES string of the molecule is NCCCN1CCN(Cc2ccc(OCCOc3ccccc3)cc2OCCOc2ccccc2)CC1. The number of nitrogens with two attached hydrogens (primary N) is 1. The molecule has 2 N–H and O–H groups in total. The highest BCUT2D eigenvalue weighted by molar-refractivity contribution is 5.41. The van der Waals surface area contributed by atoms with Crippen LogP contribution in [0.4, 0.5) is 0 Å². The fourth-order valence-corrected chi connectivity index (χ4v) is 4.28. The number of para-hydroxylation sites is 2. The van der Waals surface area contributed by atoms with Crippen LogP contribution in [0.15, 0.2) is 78.9 Å². The molecule has 3 aromatic carbocycles. The Morgan fingerprint density at radius 3 is 1.73 bits per heavy atom. The van der Waals surface area contributed by atoms with E-state index in [0.717, 1.165) is 80.8 Å². The molecule has 1 heterocycles. The molecule has 0 aromatic heterocycles. The Labute approximate surface area is 220 Å². The summed E-state index contributed by atoms with van der Waals surface area (Å²) >= 11 is 0. The second-order valence-corrected chi connectivity index (χ2v) is 9.05. The number of ether oxygens (including phenoxy) is 4. The zero-order chi connectivity index (χ0) is 25.5. The Kier molecular flexibility index (Phi) is 10.9. The summed E-state index contributed by atoms with van der Waals surface area (Å²) in [6.07, 6.45) is 1.06. The van der Waals surface area contributed by atoms with Gasteiger partial charge in [0.1, 0.15) is 49.4 Å². The Hall–Kier alpha value is -3.26. The lowest BCUT2D eigenvalue weighted by Gasteiger charge is -2.35. The van der Waals surface area contributed by atoms with Gasteiger partial charge in [-0.3, -0.25) is 4.90 Å². The highest BCUT2D eigenvalue weighted by Gasteiger charge is 2.18. The monoisotopic (exact) mass is 505 g/mol. The molecule has 1 aliphatic rings. The van der Waals surface area contributed by atoms with Crippen LogP contribution in [0, 0.1) is 0 Å². The Bertz CT molecular complexity index is 1030. The van der Waals surface area contributed by atoms with Crippen LogP contribution in [0.5, 0.6) is 23.0 Å². The summed E-state index contributed by atoms with van der Waals surface area (Å²) in [6.45, 7) is 8.75. The number of hydrogen-bond acceptors (Lipinski definition) is 7. The first-order valence-corrected chi connectivity index (χ1v) is 13.2. The van der Waals surface area contributed by atoms with Gasteiger partial charge in [0.15, 0.2) is 0 Å². The second-order valence-electron chi connectivity index (χ2n) is 9.05. The first-order valence-electron chi connectivity index (χ1n) is 13.2. The third-order valence-corrected chi connectivity index (χ3v) is 6.29. The summed E-state index contributed by atoms with van der Waals surface area (Å²) in [5, 5.41) is 0. The maximum Gasteiger partial charge on any atom is 0.127 e. The van der Waals surface area contributed by atoms with E-state index in [0.29, 0.717) is 26.4 Å². The van der Waals surface area contributed by atoms with Crippen molar-refractivity contribution in [3.05, 3.63) is 84.4 Å². The van der Waals surface area contributed by atoms with E-state index in [9.17, 15) is 0 Å². The molecule has 0 unspecified atom stereocenters. The van der Waals surface area contributed by atoms with Gasteiger partial charge in [0.2, 0.25) is 0 Å². The van der Waals surface area contributed by atoms with Gasteiger partial charge in [0, 0.05) is 44.4 Å². The maximum absolute atomic E-state index is 6.20. The van der Waals surface area contributed by atoms with E-state index in [1.165, 1.54) is 0 Å². The average molecular weight is 506 g/mol. The fraction of sp³-hybridized carbons (Fsp3) is 0.400. The minimum absolute atomic E-state index is 0.454. The van der Waals surface area contributed by atoms with Gasteiger partial charge in [-0.2, -0.15) is 0 Å². The van der Waals surface area contributed by atoms with E-state index in [4.69, 9.17) is 24.7 Å². The second kappa shape index (κ2) is 15.1. The first kappa shape index (κ1) is 26.8. The number of benzene rings is 3. The largest absolute Gasteiger partial charge is 0.490 e. The van der Waals surface area contributed by atoms with Crippen LogP contribution in [0.2, 0.25) is 0 Å². The predicted molar refractivity (Wildman–Crippen MR) is 147 cm³/mol. The Morgan fingerprint density at radius 2 is 1.14 bits per heavy atom. The fourth-order valence-electron chi connectivity index (χ4n) is 4.28. The summed E-state index contributed by atoms with van der Waals surface area (Å²) in [7, 11) is 0. The Balaban J connectivity index is 1.31. The molecule has 7 nitrogen and oxygen atoms in total. The first-order chi connectivity index (χ1) is 18.3. The summed E-state index contributed by atoms with van der Waals surface area (Å²) < 4.78 is 23.7. The van der Waals surface area contributed by atoms with Crippen molar-refractivity contribution >= 4 is 0 Å². The molecule has 0 bridgehead atoms. The average Bonchev–Trinajstić information content (AvgIpc) is 2.95. The van der Waals surface area contributed by atoms with E-state index < -0.39 is 0 Å². The van der Waals surface area contributed by atoms with E-state index in [-0.39, 0.29) is 0 Å². The smallest absolute Gasteiger partial charge is 0.127 e. The van der Waals surface area contributed by atoms with E-state index in [2.05, 4.69) is 15.9 Å². The van der Waals surface area contributed by atoms with Gasteiger partial charge in [-0.05, 0) is 49.8 Å². The zero-order valence-corrected chi connectivity index (χ0v) is 21.6. The molecule has 1 saturated heterocycles. The highest BCUT2D eigenvalue weighted by Crippen LogP contribution is 2.27. The zero-order valence-electron chi connectivity index (χ0n) is 21.6. The maximum atomic E-state index is 6.20. The third kappa shape index (κ3) is 9.28. The molecule has 1 aliphatic heterocycles. The van der Waals surface area contributed by atoms with Crippen molar-refractivity contribution in [1.29, 1.82) is 0 Å². The standard InChI is InChI=1S/C30H39N3O4/c31-14-7-15-32-16-18-33(19-17-32)25-26-12-13-29(36-21-20-34-27-8-3-1-4-9-27)24-30(26)37-23-22-35-28-10-5-2-6-11-28/h1-6,8-13,24H,7,14-23,25,31H2. The van der Waals surface area contributed by atoms with E-state index in [1.807, 2.05) is 72.8 Å². The van der Waals surface area contributed by atoms with Crippen LogP contribution in [-0.4, -0.2) is 75.5 Å². The van der Waals surface area contributed by atoms with E-state index >= 15 is 0 Å². The van der Waals surface area contributed by atoms with Gasteiger partial charge in [0.05, 0.1) is 0 Å². The highest BCUT2D eigenvalue weighted by atomic mass is 16.5. The number of hydrogen-bond donors (Lipinski definition) is 1. The molecule has 0 amide bonds. The quantitative estimate of drug-likeness (QED) is 0.312. The van der Waals surface area contributed by atoms with Crippen LogP contribution in [0.3, 0.4) is 0 Å². The van der Waals surface area contributed by atoms with Gasteiger partial charge >= 0.3 is 0 Å². The number of piperazine rings is 1. The lowest BCUT2D eigenvalue weighted by atomic mass is 10.1. The van der Waals surface area contributed by atoms with Gasteiger partial charge in [0.25, 0.3) is 0 Å². The summed E-state index contributed by atoms with van der Waals surface area (Å²) in [5.41, 5.74) is 6.83. The summed E-state index contributed by atoms with van der Waals surface area (Å²) in [4.78, 5) is 4.98. The lowest BCUT2D eigenvalue weighted by molar-refractivity contribution is 0.125. The van der Waals surface area contributed by atoms with Crippen LogP contribution < -0.4 is 24.7 Å². The molecule has 4 rings (SSSR count). The molecule has 198 valence electrons. The van der Waals surface area contributed by atoms with Crippen LogP contribution in [-0.2, 0) is 6.54 Å². The molecule has 3 aromatic rings. The molecule has 1 fully saturated rings. The summed E-state index contributed by atoms with van der Waals surface area (Å²) in [5.74, 6) is 3.29.